The molecular weight excluding hydrogens is 520 g/mol. The number of anilines is 1. The lowest BCUT2D eigenvalue weighted by Gasteiger charge is -2.40. The average molecular weight is 546 g/mol. The molecule has 2 aliphatic rings. The molecule has 0 aliphatic heterocycles. The highest BCUT2D eigenvalue weighted by atomic mass is 35.5. The van der Waals surface area contributed by atoms with Gasteiger partial charge in [0.15, 0.2) is 21.5 Å². The van der Waals surface area contributed by atoms with Gasteiger partial charge in [-0.3, -0.25) is 4.79 Å². The van der Waals surface area contributed by atoms with Gasteiger partial charge in [0.1, 0.15) is 0 Å². The number of benzene rings is 3. The van der Waals surface area contributed by atoms with E-state index in [9.17, 15) is 27.1 Å². The molecule has 0 radical (unpaired) electrons. The van der Waals surface area contributed by atoms with Crippen molar-refractivity contribution in [2.45, 2.75) is 48.4 Å². The monoisotopic (exact) mass is 545 g/mol. The molecule has 5 nitrogen and oxygen atoms in total. The molecule has 0 aromatic heterocycles. The maximum Gasteiger partial charge on any atom is 0.255 e. The molecule has 2 aliphatic carbocycles. The Bertz CT molecular complexity index is 1460. The van der Waals surface area contributed by atoms with Crippen molar-refractivity contribution in [2.24, 2.45) is 11.8 Å². The summed E-state index contributed by atoms with van der Waals surface area (Å²) in [7, 11) is -3.89. The fraction of sp³-hybridized carbons (Fsp3) is 0.321. The lowest BCUT2D eigenvalue weighted by Crippen LogP contribution is -2.45. The normalized spacial score (nSPS) is 25.2. The minimum Gasteiger partial charge on any atom is -0.390 e. The molecule has 0 heterocycles. The van der Waals surface area contributed by atoms with Crippen LogP contribution in [0.15, 0.2) is 65.6 Å². The smallest absolute Gasteiger partial charge is 0.255 e. The van der Waals surface area contributed by atoms with Crippen molar-refractivity contribution >= 4 is 33.0 Å². The number of carbonyl (C=O) groups is 1. The van der Waals surface area contributed by atoms with E-state index < -0.39 is 38.2 Å². The summed E-state index contributed by atoms with van der Waals surface area (Å²) in [6, 6.07) is 14.5. The van der Waals surface area contributed by atoms with Crippen LogP contribution in [-0.4, -0.2) is 30.3 Å². The molecule has 37 heavy (non-hydrogen) atoms. The van der Waals surface area contributed by atoms with Crippen LogP contribution >= 0.6 is 11.6 Å². The molecule has 194 valence electrons. The first kappa shape index (κ1) is 25.8. The fourth-order valence-electron chi connectivity index (χ4n) is 5.75. The molecule has 0 saturated heterocycles. The van der Waals surface area contributed by atoms with Gasteiger partial charge in [0.25, 0.3) is 5.91 Å². The third-order valence-corrected chi connectivity index (χ3v) is 10.6. The van der Waals surface area contributed by atoms with Crippen LogP contribution in [0.2, 0.25) is 5.02 Å². The van der Waals surface area contributed by atoms with Crippen LogP contribution in [0, 0.1) is 23.5 Å². The molecule has 2 saturated carbocycles. The number of amides is 1. The first-order valence-corrected chi connectivity index (χ1v) is 14.0. The summed E-state index contributed by atoms with van der Waals surface area (Å²) in [5.41, 5.74) is -0.415. The number of fused-ring (bicyclic) bond motifs is 2. The molecule has 3 aromatic carbocycles. The molecule has 3 aromatic rings. The van der Waals surface area contributed by atoms with E-state index in [0.717, 1.165) is 18.9 Å². The van der Waals surface area contributed by atoms with E-state index in [0.29, 0.717) is 18.4 Å². The SMILES string of the molecule is CC1(O)C2CC[C@@H]1CC(S(=O)(=O)c1cc(C(=O)Nc3cc(F)c(F)c(-c4ccccc4)c3)ccc1Cl)C2. The highest BCUT2D eigenvalue weighted by Gasteiger charge is 2.53. The lowest BCUT2D eigenvalue weighted by molar-refractivity contribution is -0.0413. The molecule has 2 bridgehead atoms. The highest BCUT2D eigenvalue weighted by Crippen LogP contribution is 2.51. The summed E-state index contributed by atoms with van der Waals surface area (Å²) >= 11 is 6.28. The van der Waals surface area contributed by atoms with Crippen LogP contribution in [0.1, 0.15) is 43.0 Å². The number of rotatable bonds is 5. The van der Waals surface area contributed by atoms with Crippen LogP contribution in [-0.2, 0) is 9.84 Å². The minimum absolute atomic E-state index is 0.000390. The number of nitrogens with one attached hydrogen (secondary N) is 1. The zero-order valence-corrected chi connectivity index (χ0v) is 21.6. The number of hydrogen-bond donors (Lipinski definition) is 2. The van der Waals surface area contributed by atoms with Gasteiger partial charge in [-0.2, -0.15) is 0 Å². The molecular formula is C28H26ClF2NO4S. The van der Waals surface area contributed by atoms with E-state index >= 15 is 0 Å². The van der Waals surface area contributed by atoms with Gasteiger partial charge in [0.05, 0.1) is 20.8 Å². The van der Waals surface area contributed by atoms with Crippen molar-refractivity contribution in [3.63, 3.8) is 0 Å². The second kappa shape index (κ2) is 9.49. The molecule has 3 unspecified atom stereocenters. The Labute approximate surface area is 219 Å². The number of aliphatic hydroxyl groups is 1. The van der Waals surface area contributed by atoms with Gasteiger partial charge in [-0.05, 0) is 74.3 Å². The number of hydrogen-bond acceptors (Lipinski definition) is 4. The van der Waals surface area contributed by atoms with E-state index in [2.05, 4.69) is 5.32 Å². The minimum atomic E-state index is -3.89. The first-order chi connectivity index (χ1) is 17.5. The Kier molecular flexibility index (Phi) is 6.63. The quantitative estimate of drug-likeness (QED) is 0.397. The Balaban J connectivity index is 1.42. The van der Waals surface area contributed by atoms with Gasteiger partial charge in [0.2, 0.25) is 0 Å². The molecule has 2 fully saturated rings. The predicted octanol–water partition coefficient (Wildman–Crippen LogP) is 6.25. The Hall–Kier alpha value is -2.81. The zero-order valence-electron chi connectivity index (χ0n) is 20.0. The Morgan fingerprint density at radius 2 is 1.68 bits per heavy atom. The molecule has 0 spiro atoms. The lowest BCUT2D eigenvalue weighted by atomic mass is 9.76. The summed E-state index contributed by atoms with van der Waals surface area (Å²) in [4.78, 5) is 12.9. The Morgan fingerprint density at radius 3 is 2.32 bits per heavy atom. The maximum atomic E-state index is 14.5. The van der Waals surface area contributed by atoms with Crippen LogP contribution in [0.5, 0.6) is 0 Å². The van der Waals surface area contributed by atoms with E-state index in [-0.39, 0.29) is 38.6 Å². The molecule has 2 N–H and O–H groups in total. The maximum absolute atomic E-state index is 14.5. The molecule has 4 atom stereocenters. The second-order valence-electron chi connectivity index (χ2n) is 10.1. The van der Waals surface area contributed by atoms with Gasteiger partial charge < -0.3 is 10.4 Å². The summed E-state index contributed by atoms with van der Waals surface area (Å²) in [5.74, 6) is -3.07. The van der Waals surface area contributed by atoms with Crippen LogP contribution in [0.3, 0.4) is 0 Å². The number of halogens is 3. The van der Waals surface area contributed by atoms with Crippen molar-refractivity contribution in [3.05, 3.63) is 82.9 Å². The average Bonchev–Trinajstić information content (AvgIpc) is 3.02. The number of sulfone groups is 1. The van der Waals surface area contributed by atoms with Crippen molar-refractivity contribution < 1.29 is 27.1 Å². The van der Waals surface area contributed by atoms with Gasteiger partial charge in [-0.25, -0.2) is 17.2 Å². The number of carbonyl (C=O) groups excluding carboxylic acids is 1. The summed E-state index contributed by atoms with van der Waals surface area (Å²) < 4.78 is 55.9. The summed E-state index contributed by atoms with van der Waals surface area (Å²) in [6.07, 6.45) is 2.21. The van der Waals surface area contributed by atoms with E-state index in [1.807, 2.05) is 0 Å². The standard InChI is InChI=1S/C28H26ClF2NO4S/c1-28(34)18-8-9-19(28)13-21(12-18)37(35,36)25-11-17(7-10-23(25)29)27(33)32-20-14-22(26(31)24(30)15-20)16-5-3-2-4-6-16/h2-7,10-11,14-15,18-19,21,34H,8-9,12-13H2,1H3,(H,32,33)/t18-,19?,21?,28?/m1/s1. The molecule has 1 amide bonds. The largest absolute Gasteiger partial charge is 0.390 e. The van der Waals surface area contributed by atoms with Gasteiger partial charge >= 0.3 is 0 Å². The van der Waals surface area contributed by atoms with Crippen molar-refractivity contribution in [2.75, 3.05) is 5.32 Å². The van der Waals surface area contributed by atoms with Gasteiger partial charge in [-0.1, -0.05) is 41.9 Å². The Morgan fingerprint density at radius 1 is 1.03 bits per heavy atom. The van der Waals surface area contributed by atoms with E-state index in [4.69, 9.17) is 11.6 Å². The predicted molar refractivity (Wildman–Crippen MR) is 138 cm³/mol. The van der Waals surface area contributed by atoms with Crippen LogP contribution < -0.4 is 5.32 Å². The van der Waals surface area contributed by atoms with E-state index in [1.165, 1.54) is 24.3 Å². The van der Waals surface area contributed by atoms with Crippen molar-refractivity contribution in [1.82, 2.24) is 0 Å². The van der Waals surface area contributed by atoms with Gasteiger partial charge in [0, 0.05) is 22.9 Å². The zero-order chi connectivity index (χ0) is 26.5. The van der Waals surface area contributed by atoms with Crippen molar-refractivity contribution in [1.29, 1.82) is 0 Å². The third-order valence-electron chi connectivity index (χ3n) is 7.92. The van der Waals surface area contributed by atoms with E-state index in [1.54, 1.807) is 37.3 Å². The highest BCUT2D eigenvalue weighted by molar-refractivity contribution is 7.92. The van der Waals surface area contributed by atoms with Crippen LogP contribution in [0.4, 0.5) is 14.5 Å². The topological polar surface area (TPSA) is 83.5 Å². The van der Waals surface area contributed by atoms with Crippen molar-refractivity contribution in [3.8, 4) is 11.1 Å². The van der Waals surface area contributed by atoms with Gasteiger partial charge in [-0.15, -0.1) is 0 Å². The summed E-state index contributed by atoms with van der Waals surface area (Å²) in [5, 5.41) is 12.6. The fourth-order valence-corrected chi connectivity index (χ4v) is 8.15. The first-order valence-electron chi connectivity index (χ1n) is 12.1. The molecule has 5 rings (SSSR count). The second-order valence-corrected chi connectivity index (χ2v) is 12.7. The summed E-state index contributed by atoms with van der Waals surface area (Å²) in [6.45, 7) is 1.78. The molecule has 9 heteroatoms. The van der Waals surface area contributed by atoms with Crippen LogP contribution in [0.25, 0.3) is 11.1 Å². The third kappa shape index (κ3) is 4.67.